The number of nitrogens with one attached hydrogen (secondary N) is 3. The number of carbonyl (C=O) groups is 2. The van der Waals surface area contributed by atoms with Gasteiger partial charge in [0.25, 0.3) is 5.91 Å². The largest absolute Gasteiger partial charge is 0.361 e. The number of fused-ring (bicyclic) bond motifs is 4. The van der Waals surface area contributed by atoms with Crippen molar-refractivity contribution in [1.82, 2.24) is 20.3 Å². The summed E-state index contributed by atoms with van der Waals surface area (Å²) in [6, 6.07) is 17.5. The van der Waals surface area contributed by atoms with Gasteiger partial charge in [0.1, 0.15) is 11.4 Å². The summed E-state index contributed by atoms with van der Waals surface area (Å²) in [4.78, 5) is 35.7. The number of carbonyl (C=O) groups excluding carboxylic acids is 2. The summed E-state index contributed by atoms with van der Waals surface area (Å²) in [5.41, 5.74) is 4.12. The SMILES string of the molecule is CC(=O)c1nc(C(=O)NCc2ccc3[nH]ccc3c2)cc2c1[nH]c1ccccc12. The van der Waals surface area contributed by atoms with E-state index in [0.29, 0.717) is 12.1 Å². The highest BCUT2D eigenvalue weighted by atomic mass is 16.2. The Kier molecular flexibility index (Phi) is 3.91. The molecule has 0 spiro atoms. The number of aromatic nitrogens is 3. The van der Waals surface area contributed by atoms with Gasteiger partial charge in [0.05, 0.1) is 5.52 Å². The van der Waals surface area contributed by atoms with E-state index >= 15 is 0 Å². The van der Waals surface area contributed by atoms with Crippen molar-refractivity contribution in [3.05, 3.63) is 77.7 Å². The third-order valence-electron chi connectivity index (χ3n) is 5.13. The second-order valence-electron chi connectivity index (χ2n) is 7.09. The van der Waals surface area contributed by atoms with Crippen molar-refractivity contribution in [2.45, 2.75) is 13.5 Å². The van der Waals surface area contributed by atoms with Crippen LogP contribution in [0.4, 0.5) is 0 Å². The molecule has 142 valence electrons. The number of Topliss-reactive ketones (excluding diaryl/α,β-unsaturated/α-hetero) is 1. The van der Waals surface area contributed by atoms with Gasteiger partial charge in [0.2, 0.25) is 0 Å². The third-order valence-corrected chi connectivity index (χ3v) is 5.13. The lowest BCUT2D eigenvalue weighted by Crippen LogP contribution is -2.24. The second-order valence-corrected chi connectivity index (χ2v) is 7.09. The third kappa shape index (κ3) is 2.95. The highest BCUT2D eigenvalue weighted by Gasteiger charge is 2.18. The van der Waals surface area contributed by atoms with E-state index in [-0.39, 0.29) is 23.1 Å². The molecular formula is C23H18N4O2. The smallest absolute Gasteiger partial charge is 0.270 e. The molecule has 0 aliphatic carbocycles. The Morgan fingerprint density at radius 2 is 1.86 bits per heavy atom. The highest BCUT2D eigenvalue weighted by molar-refractivity contribution is 6.15. The molecule has 0 atom stereocenters. The van der Waals surface area contributed by atoms with E-state index in [2.05, 4.69) is 20.3 Å². The van der Waals surface area contributed by atoms with E-state index in [1.165, 1.54) is 6.92 Å². The topological polar surface area (TPSA) is 90.6 Å². The Morgan fingerprint density at radius 1 is 1.00 bits per heavy atom. The van der Waals surface area contributed by atoms with Gasteiger partial charge >= 0.3 is 0 Å². The molecule has 3 aromatic heterocycles. The maximum atomic E-state index is 12.8. The minimum atomic E-state index is -0.311. The van der Waals surface area contributed by atoms with Gasteiger partial charge < -0.3 is 15.3 Å². The average Bonchev–Trinajstić information content (AvgIpc) is 3.34. The zero-order chi connectivity index (χ0) is 20.0. The van der Waals surface area contributed by atoms with Crippen LogP contribution in [0.1, 0.15) is 33.5 Å². The molecule has 6 heteroatoms. The molecule has 29 heavy (non-hydrogen) atoms. The molecule has 0 saturated heterocycles. The molecule has 0 radical (unpaired) electrons. The number of nitrogens with zero attached hydrogens (tertiary/aromatic N) is 1. The highest BCUT2D eigenvalue weighted by Crippen LogP contribution is 2.28. The Labute approximate surface area is 166 Å². The van der Waals surface area contributed by atoms with Crippen molar-refractivity contribution in [2.24, 2.45) is 0 Å². The number of amides is 1. The molecule has 0 unspecified atom stereocenters. The van der Waals surface area contributed by atoms with Gasteiger partial charge in [-0.25, -0.2) is 4.98 Å². The van der Waals surface area contributed by atoms with Gasteiger partial charge in [-0.1, -0.05) is 24.3 Å². The molecule has 0 fully saturated rings. The van der Waals surface area contributed by atoms with Gasteiger partial charge in [-0.05, 0) is 41.3 Å². The predicted molar refractivity (Wildman–Crippen MR) is 113 cm³/mol. The number of H-pyrrole nitrogens is 2. The number of pyridine rings is 1. The zero-order valence-corrected chi connectivity index (χ0v) is 15.7. The molecule has 2 aromatic carbocycles. The van der Waals surface area contributed by atoms with Crippen LogP contribution in [-0.4, -0.2) is 26.6 Å². The first-order chi connectivity index (χ1) is 14.1. The van der Waals surface area contributed by atoms with E-state index in [9.17, 15) is 9.59 Å². The lowest BCUT2D eigenvalue weighted by atomic mass is 10.1. The fourth-order valence-electron chi connectivity index (χ4n) is 3.70. The number of rotatable bonds is 4. The van der Waals surface area contributed by atoms with Crippen molar-refractivity contribution < 1.29 is 9.59 Å². The van der Waals surface area contributed by atoms with Gasteiger partial charge in [-0.2, -0.15) is 0 Å². The minimum Gasteiger partial charge on any atom is -0.361 e. The van der Waals surface area contributed by atoms with Gasteiger partial charge in [0, 0.05) is 41.5 Å². The molecule has 6 nitrogen and oxygen atoms in total. The minimum absolute atomic E-state index is 0.186. The standard InChI is InChI=1S/C23H18N4O2/c1-13(28)21-22-17(16-4-2-3-5-19(16)26-22)11-20(27-21)23(29)25-12-14-6-7-18-15(10-14)8-9-24-18/h2-11,24,26H,12H2,1H3,(H,25,29). The van der Waals surface area contributed by atoms with E-state index in [4.69, 9.17) is 0 Å². The maximum absolute atomic E-state index is 12.8. The number of benzene rings is 2. The first-order valence-electron chi connectivity index (χ1n) is 9.37. The van der Waals surface area contributed by atoms with Crippen LogP contribution in [0.15, 0.2) is 60.8 Å². The van der Waals surface area contributed by atoms with Crippen LogP contribution in [0.3, 0.4) is 0 Å². The molecule has 1 amide bonds. The summed E-state index contributed by atoms with van der Waals surface area (Å²) >= 11 is 0. The monoisotopic (exact) mass is 382 g/mol. The van der Waals surface area contributed by atoms with Crippen LogP contribution in [-0.2, 0) is 6.54 Å². The molecule has 0 saturated carbocycles. The van der Waals surface area contributed by atoms with Crippen LogP contribution < -0.4 is 5.32 Å². The molecule has 0 aliphatic heterocycles. The number of hydrogen-bond acceptors (Lipinski definition) is 3. The summed E-state index contributed by atoms with van der Waals surface area (Å²) < 4.78 is 0. The number of para-hydroxylation sites is 1. The van der Waals surface area contributed by atoms with Crippen molar-refractivity contribution in [3.8, 4) is 0 Å². The van der Waals surface area contributed by atoms with Gasteiger partial charge in [-0.15, -0.1) is 0 Å². The zero-order valence-electron chi connectivity index (χ0n) is 15.7. The fourth-order valence-corrected chi connectivity index (χ4v) is 3.70. The summed E-state index contributed by atoms with van der Waals surface area (Å²) in [6.45, 7) is 1.84. The van der Waals surface area contributed by atoms with Crippen molar-refractivity contribution in [3.63, 3.8) is 0 Å². The second kappa shape index (κ2) is 6.60. The average molecular weight is 382 g/mol. The van der Waals surface area contributed by atoms with Gasteiger partial charge in [0.15, 0.2) is 5.78 Å². The Bertz CT molecular complexity index is 1410. The molecule has 0 aliphatic rings. The molecule has 0 bridgehead atoms. The Morgan fingerprint density at radius 3 is 2.72 bits per heavy atom. The lowest BCUT2D eigenvalue weighted by molar-refractivity contribution is 0.0946. The fraction of sp³-hybridized carbons (Fsp3) is 0.0870. The summed E-state index contributed by atoms with van der Waals surface area (Å²) in [5.74, 6) is -0.497. The first-order valence-corrected chi connectivity index (χ1v) is 9.37. The Balaban J connectivity index is 1.50. The van der Waals surface area contributed by atoms with E-state index < -0.39 is 0 Å². The van der Waals surface area contributed by atoms with Crippen LogP contribution in [0.25, 0.3) is 32.7 Å². The summed E-state index contributed by atoms with van der Waals surface area (Å²) in [7, 11) is 0. The quantitative estimate of drug-likeness (QED) is 0.404. The molecule has 5 aromatic rings. The first kappa shape index (κ1) is 17.2. The number of ketones is 1. The Hall–Kier alpha value is -3.93. The number of hydrogen-bond donors (Lipinski definition) is 3. The van der Waals surface area contributed by atoms with Crippen LogP contribution >= 0.6 is 0 Å². The molecule has 3 N–H and O–H groups in total. The summed E-state index contributed by atoms with van der Waals surface area (Å²) in [6.07, 6.45) is 1.89. The van der Waals surface area contributed by atoms with Gasteiger partial charge in [-0.3, -0.25) is 9.59 Å². The predicted octanol–water partition coefficient (Wildman–Crippen LogP) is 4.33. The van der Waals surface area contributed by atoms with E-state index in [1.807, 2.05) is 54.7 Å². The van der Waals surface area contributed by atoms with Crippen LogP contribution in [0.5, 0.6) is 0 Å². The van der Waals surface area contributed by atoms with Crippen LogP contribution in [0.2, 0.25) is 0 Å². The molecule has 5 rings (SSSR count). The van der Waals surface area contributed by atoms with Crippen LogP contribution in [0, 0.1) is 0 Å². The molecule has 3 heterocycles. The van der Waals surface area contributed by atoms with Crippen molar-refractivity contribution in [1.29, 1.82) is 0 Å². The maximum Gasteiger partial charge on any atom is 0.270 e. The normalized spacial score (nSPS) is 11.3. The van der Waals surface area contributed by atoms with E-state index in [1.54, 1.807) is 6.07 Å². The summed E-state index contributed by atoms with van der Waals surface area (Å²) in [5, 5.41) is 5.78. The van der Waals surface area contributed by atoms with E-state index in [0.717, 1.165) is 32.8 Å². The number of aromatic amines is 2. The molecular weight excluding hydrogens is 364 g/mol. The van der Waals surface area contributed by atoms with Crippen molar-refractivity contribution >= 4 is 44.4 Å². The lowest BCUT2D eigenvalue weighted by Gasteiger charge is -2.07. The van der Waals surface area contributed by atoms with Crippen molar-refractivity contribution in [2.75, 3.05) is 0 Å².